The van der Waals surface area contributed by atoms with E-state index in [1.807, 2.05) is 12.1 Å². The fourth-order valence-electron chi connectivity index (χ4n) is 10.9. The third-order valence-electron chi connectivity index (χ3n) is 15.1. The van der Waals surface area contributed by atoms with E-state index in [1.54, 1.807) is 93.5 Å². The number of nitro benzene ring substituents is 1. The van der Waals surface area contributed by atoms with Gasteiger partial charge in [-0.2, -0.15) is 9.58 Å². The molecule has 8 rings (SSSR count). The van der Waals surface area contributed by atoms with Crippen LogP contribution in [0.15, 0.2) is 89.3 Å². The largest absolute Gasteiger partial charge is 0.456 e. The second-order valence-corrected chi connectivity index (χ2v) is 27.9. The Kier molecular flexibility index (Phi) is 18.7. The molecule has 2 heterocycles. The predicted octanol–water partition coefficient (Wildman–Crippen LogP) is 13.1. The summed E-state index contributed by atoms with van der Waals surface area (Å²) < 4.78 is 61.1. The zero-order valence-corrected chi connectivity index (χ0v) is 52.4. The molecule has 0 radical (unpaired) electrons. The number of hydrogen-bond acceptors (Lipinski definition) is 17. The van der Waals surface area contributed by atoms with Gasteiger partial charge in [0.1, 0.15) is 34.0 Å². The third-order valence-corrected chi connectivity index (χ3v) is 16.7. The molecule has 1 aliphatic heterocycles. The Hall–Kier alpha value is -7.27. The van der Waals surface area contributed by atoms with Crippen molar-refractivity contribution in [3.05, 3.63) is 111 Å². The standard InChI is InChI=1S/C62H79ClN8O13S/c1-59(2,3)82-56(73)69(57(74)83-60(4,5)6)54-53-49(70(64-54)58(75)84-61(7,8)9)15-14-16-51(53)81-52-35-43(68-33-31-67(32-34-68)38-40-29-30-62(10,11)37-47(40)39-17-19-41(63)20-18-39)23-27-46(52)55(72)65-85(78,79)45-26-28-48(50(36-45)71(76)77)66(12)42-21-24-44(80-13)25-22-42/h14-20,23,26-28,35-36,42,44H,21-22,24-25,29-34,37-38H2,1-13H3,(H,65,72)/t42-,44-. The van der Waals surface area contributed by atoms with Crippen LogP contribution in [0.1, 0.15) is 137 Å². The number of sulfonamides is 1. The summed E-state index contributed by atoms with van der Waals surface area (Å²) >= 11 is 6.31. The van der Waals surface area contributed by atoms with Gasteiger partial charge in [-0.25, -0.2) is 27.5 Å². The van der Waals surface area contributed by atoms with E-state index in [9.17, 15) is 37.7 Å². The molecule has 23 heteroatoms. The molecule has 1 N–H and O–H groups in total. The lowest BCUT2D eigenvalue weighted by molar-refractivity contribution is -0.384. The summed E-state index contributed by atoms with van der Waals surface area (Å²) in [5, 5.41) is 17.7. The lowest BCUT2D eigenvalue weighted by atomic mass is 9.72. The summed E-state index contributed by atoms with van der Waals surface area (Å²) in [6.45, 7) is 22.4. The number of anilines is 3. The number of ether oxygens (including phenoxy) is 5. The number of nitrogens with zero attached hydrogens (tertiary/aromatic N) is 7. The van der Waals surface area contributed by atoms with Crippen molar-refractivity contribution in [2.75, 3.05) is 61.6 Å². The number of fused-ring (bicyclic) bond motifs is 1. The van der Waals surface area contributed by atoms with Crippen molar-refractivity contribution in [2.45, 2.75) is 155 Å². The van der Waals surface area contributed by atoms with Crippen LogP contribution in [0.4, 0.5) is 37.3 Å². The molecule has 0 spiro atoms. The Morgan fingerprint density at radius 1 is 0.812 bits per heavy atom. The monoisotopic (exact) mass is 1210 g/mol. The lowest BCUT2D eigenvalue weighted by Gasteiger charge is -2.39. The van der Waals surface area contributed by atoms with Crippen LogP contribution in [-0.4, -0.2) is 128 Å². The number of nitro groups is 1. The van der Waals surface area contributed by atoms with Crippen LogP contribution >= 0.6 is 11.6 Å². The SMILES string of the molecule is CO[C@H]1CC[C@H](N(C)c2ccc(S(=O)(=O)NC(=O)c3ccc(N4CCN(CC5=C(c6ccc(Cl)cc6)CC(C)(C)CC5)CC4)cc3Oc3cccc4c3c(N(C(=O)OC(C)(C)C)C(=O)OC(C)(C)C)nn4C(=O)OC(C)(C)C)cc2[N+](=O)[O-])CC1. The van der Waals surface area contributed by atoms with Crippen molar-refractivity contribution in [3.63, 3.8) is 0 Å². The van der Waals surface area contributed by atoms with Crippen molar-refractivity contribution in [3.8, 4) is 11.5 Å². The molecule has 5 aromatic rings. The quantitative estimate of drug-likeness (QED) is 0.0618. The number of amides is 3. The Balaban J connectivity index is 1.19. The first-order valence-electron chi connectivity index (χ1n) is 28.6. The molecule has 1 aromatic heterocycles. The topological polar surface area (TPSA) is 235 Å². The van der Waals surface area contributed by atoms with Crippen molar-refractivity contribution < 1.29 is 56.2 Å². The number of hydrogen-bond donors (Lipinski definition) is 1. The maximum atomic E-state index is 14.7. The highest BCUT2D eigenvalue weighted by Gasteiger charge is 2.39. The van der Waals surface area contributed by atoms with Gasteiger partial charge in [-0.1, -0.05) is 49.2 Å². The molecule has 21 nitrogen and oxygen atoms in total. The highest BCUT2D eigenvalue weighted by Crippen LogP contribution is 2.45. The predicted molar refractivity (Wildman–Crippen MR) is 327 cm³/mol. The van der Waals surface area contributed by atoms with Gasteiger partial charge < -0.3 is 33.5 Å². The van der Waals surface area contributed by atoms with E-state index in [2.05, 4.69) is 45.6 Å². The minimum Gasteiger partial charge on any atom is -0.456 e. The minimum atomic E-state index is -4.83. The summed E-state index contributed by atoms with van der Waals surface area (Å²) in [6.07, 6.45) is 2.56. The molecule has 2 fully saturated rings. The van der Waals surface area contributed by atoms with Crippen LogP contribution < -0.4 is 24.2 Å². The number of nitrogens with one attached hydrogen (secondary N) is 1. The van der Waals surface area contributed by atoms with Crippen molar-refractivity contribution in [1.82, 2.24) is 19.4 Å². The van der Waals surface area contributed by atoms with Crippen LogP contribution in [0, 0.1) is 15.5 Å². The number of methoxy groups -OCH3 is 1. The van der Waals surface area contributed by atoms with E-state index >= 15 is 0 Å². The number of halogens is 1. The highest BCUT2D eigenvalue weighted by atomic mass is 35.5. The summed E-state index contributed by atoms with van der Waals surface area (Å²) in [7, 11) is -1.45. The van der Waals surface area contributed by atoms with Gasteiger partial charge in [0.05, 0.1) is 32.4 Å². The van der Waals surface area contributed by atoms with E-state index in [-0.39, 0.29) is 51.2 Å². The molecule has 0 atom stereocenters. The van der Waals surface area contributed by atoms with Crippen LogP contribution in [0.3, 0.4) is 0 Å². The normalized spacial score (nSPS) is 17.9. The van der Waals surface area contributed by atoms with E-state index < -0.39 is 72.3 Å². The van der Waals surface area contributed by atoms with Crippen molar-refractivity contribution >= 4 is 85.2 Å². The van der Waals surface area contributed by atoms with E-state index in [4.69, 9.17) is 35.3 Å². The highest BCUT2D eigenvalue weighted by molar-refractivity contribution is 7.90. The molecule has 1 saturated carbocycles. The summed E-state index contributed by atoms with van der Waals surface area (Å²) in [5.41, 5.74) is 0.734. The molecule has 458 valence electrons. The average molecular weight is 1210 g/mol. The molecular formula is C62H79ClN8O13S. The molecule has 0 unspecified atom stereocenters. The number of piperazine rings is 1. The van der Waals surface area contributed by atoms with Gasteiger partial charge in [0.2, 0.25) is 0 Å². The Bertz CT molecular complexity index is 3460. The number of imide groups is 1. The Morgan fingerprint density at radius 2 is 1.44 bits per heavy atom. The van der Waals surface area contributed by atoms with Gasteiger partial charge in [-0.3, -0.25) is 19.8 Å². The van der Waals surface area contributed by atoms with Crippen LogP contribution in [0.25, 0.3) is 16.5 Å². The van der Waals surface area contributed by atoms with E-state index in [1.165, 1.54) is 47.5 Å². The number of carbonyl (C=O) groups excluding carboxylic acids is 4. The van der Waals surface area contributed by atoms with Gasteiger partial charge in [0.15, 0.2) is 5.82 Å². The fourth-order valence-corrected chi connectivity index (χ4v) is 12.0. The van der Waals surface area contributed by atoms with Crippen molar-refractivity contribution in [1.29, 1.82) is 0 Å². The number of benzene rings is 4. The summed E-state index contributed by atoms with van der Waals surface area (Å²) in [4.78, 5) is 75.7. The Labute approximate surface area is 502 Å². The second kappa shape index (κ2) is 25.0. The fraction of sp³-hybridized carbons (Fsp3) is 0.500. The van der Waals surface area contributed by atoms with E-state index in [0.717, 1.165) is 55.0 Å². The summed E-state index contributed by atoms with van der Waals surface area (Å²) in [6, 6.07) is 20.6. The zero-order valence-electron chi connectivity index (χ0n) is 50.9. The molecule has 3 amide bonds. The third kappa shape index (κ3) is 15.6. The molecule has 4 aromatic carbocycles. The molecule has 3 aliphatic rings. The van der Waals surface area contributed by atoms with Crippen molar-refractivity contribution in [2.24, 2.45) is 5.41 Å². The van der Waals surface area contributed by atoms with Crippen LogP contribution in [-0.2, 0) is 29.0 Å². The van der Waals surface area contributed by atoms with Crippen LogP contribution in [0.2, 0.25) is 5.02 Å². The number of aromatic nitrogens is 2. The van der Waals surface area contributed by atoms with Gasteiger partial charge in [-0.05, 0) is 172 Å². The Morgan fingerprint density at radius 3 is 2.02 bits per heavy atom. The van der Waals surface area contributed by atoms with Gasteiger partial charge >= 0.3 is 18.3 Å². The second-order valence-electron chi connectivity index (χ2n) is 25.8. The first-order chi connectivity index (χ1) is 39.7. The summed E-state index contributed by atoms with van der Waals surface area (Å²) in [5.74, 6) is -1.96. The molecule has 85 heavy (non-hydrogen) atoms. The van der Waals surface area contributed by atoms with Gasteiger partial charge in [0, 0.05) is 75.8 Å². The number of allylic oxidation sites excluding steroid dienone is 1. The van der Waals surface area contributed by atoms with Crippen LogP contribution in [0.5, 0.6) is 11.5 Å². The molecule has 1 saturated heterocycles. The van der Waals surface area contributed by atoms with Gasteiger partial charge in [-0.15, -0.1) is 5.10 Å². The van der Waals surface area contributed by atoms with E-state index in [0.29, 0.717) is 54.6 Å². The minimum absolute atomic E-state index is 0.00562. The maximum Gasteiger partial charge on any atom is 0.435 e. The molecular weight excluding hydrogens is 1130 g/mol. The van der Waals surface area contributed by atoms with Gasteiger partial charge in [0.25, 0.3) is 21.6 Å². The number of carbonyl (C=O) groups is 4. The molecule has 2 aliphatic carbocycles. The first-order valence-corrected chi connectivity index (χ1v) is 30.4. The smallest absolute Gasteiger partial charge is 0.435 e. The number of rotatable bonds is 14. The lowest BCUT2D eigenvalue weighted by Crippen LogP contribution is -2.47. The first kappa shape index (κ1) is 63.7. The maximum absolute atomic E-state index is 14.7. The zero-order chi connectivity index (χ0) is 62.1. The average Bonchev–Trinajstić information content (AvgIpc) is 1.92. The molecule has 0 bridgehead atoms.